The lowest BCUT2D eigenvalue weighted by atomic mass is 10.2. The molecule has 2 heterocycles. The first-order chi connectivity index (χ1) is 9.99. The molecular formula is C15H18ClN5. The molecule has 0 bridgehead atoms. The number of imidazole rings is 1. The second-order valence-electron chi connectivity index (χ2n) is 5.42. The first-order valence-electron chi connectivity index (χ1n) is 6.95. The van der Waals surface area contributed by atoms with E-state index in [9.17, 15) is 0 Å². The molecule has 0 aliphatic heterocycles. The maximum absolute atomic E-state index is 6.34. The molecule has 2 aromatic heterocycles. The van der Waals surface area contributed by atoms with Gasteiger partial charge >= 0.3 is 0 Å². The van der Waals surface area contributed by atoms with Crippen LogP contribution in [-0.2, 0) is 7.05 Å². The monoisotopic (exact) mass is 303 g/mol. The number of aryl methyl sites for hydroxylation is 2. The lowest BCUT2D eigenvalue weighted by Gasteiger charge is -2.18. The van der Waals surface area contributed by atoms with E-state index >= 15 is 0 Å². The normalized spacial score (nSPS) is 14.5. The highest BCUT2D eigenvalue weighted by Gasteiger charge is 2.22. The van der Waals surface area contributed by atoms with Crippen molar-refractivity contribution in [3.63, 3.8) is 0 Å². The van der Waals surface area contributed by atoms with Gasteiger partial charge in [-0.05, 0) is 38.5 Å². The first kappa shape index (κ1) is 14.1. The van der Waals surface area contributed by atoms with Crippen molar-refractivity contribution in [3.8, 4) is 0 Å². The number of benzene rings is 1. The van der Waals surface area contributed by atoms with Crippen LogP contribution < -0.4 is 0 Å². The smallest absolute Gasteiger partial charge is 0.155 e. The van der Waals surface area contributed by atoms with E-state index in [2.05, 4.69) is 45.7 Å². The predicted molar refractivity (Wildman–Crippen MR) is 83.6 cm³/mol. The van der Waals surface area contributed by atoms with Crippen LogP contribution in [-0.4, -0.2) is 24.3 Å². The Hall–Kier alpha value is -1.88. The lowest BCUT2D eigenvalue weighted by Crippen LogP contribution is -2.15. The number of halogens is 1. The summed E-state index contributed by atoms with van der Waals surface area (Å²) in [5.41, 5.74) is 3.23. The molecule has 0 N–H and O–H groups in total. The Morgan fingerprint density at radius 3 is 2.57 bits per heavy atom. The van der Waals surface area contributed by atoms with Crippen molar-refractivity contribution in [1.29, 1.82) is 0 Å². The number of fused-ring (bicyclic) bond motifs is 1. The largest absolute Gasteiger partial charge is 0.319 e. The number of hydrogen-bond donors (Lipinski definition) is 0. The summed E-state index contributed by atoms with van der Waals surface area (Å²) in [5.74, 6) is 1.74. The van der Waals surface area contributed by atoms with Gasteiger partial charge in [-0.25, -0.2) is 4.98 Å². The second-order valence-corrected chi connectivity index (χ2v) is 6.08. The molecular weight excluding hydrogens is 286 g/mol. The third kappa shape index (κ3) is 2.31. The topological polar surface area (TPSA) is 48.5 Å². The van der Waals surface area contributed by atoms with Crippen LogP contribution in [0.1, 0.15) is 42.5 Å². The van der Waals surface area contributed by atoms with Gasteiger partial charge in [0.1, 0.15) is 12.2 Å². The van der Waals surface area contributed by atoms with Gasteiger partial charge in [-0.15, -0.1) is 21.8 Å². The zero-order valence-electron chi connectivity index (χ0n) is 12.6. The summed E-state index contributed by atoms with van der Waals surface area (Å²) in [6, 6.07) is 6.25. The molecule has 2 atom stereocenters. The summed E-state index contributed by atoms with van der Waals surface area (Å²) >= 11 is 6.34. The van der Waals surface area contributed by atoms with Gasteiger partial charge in [0.15, 0.2) is 5.82 Å². The van der Waals surface area contributed by atoms with Crippen molar-refractivity contribution in [2.45, 2.75) is 32.2 Å². The molecule has 0 fully saturated rings. The maximum atomic E-state index is 6.34. The van der Waals surface area contributed by atoms with Crippen LogP contribution in [0.2, 0.25) is 0 Å². The van der Waals surface area contributed by atoms with E-state index in [1.807, 2.05) is 24.6 Å². The van der Waals surface area contributed by atoms with Crippen molar-refractivity contribution in [1.82, 2.24) is 24.3 Å². The standard InChI is InChI=1S/C15H18ClN5/c1-9-5-6-12-13(7-9)21(14(18-12)10(2)16)11(3)15-19-17-8-20(15)4/h5-8,10-11H,1-4H3. The average molecular weight is 304 g/mol. The van der Waals surface area contributed by atoms with Crippen LogP contribution in [0, 0.1) is 6.92 Å². The van der Waals surface area contributed by atoms with Crippen molar-refractivity contribution < 1.29 is 0 Å². The van der Waals surface area contributed by atoms with E-state index < -0.39 is 0 Å². The van der Waals surface area contributed by atoms with Crippen molar-refractivity contribution in [3.05, 3.63) is 41.7 Å². The van der Waals surface area contributed by atoms with Crippen LogP contribution in [0.3, 0.4) is 0 Å². The molecule has 21 heavy (non-hydrogen) atoms. The van der Waals surface area contributed by atoms with Gasteiger partial charge < -0.3 is 9.13 Å². The fourth-order valence-electron chi connectivity index (χ4n) is 2.70. The van der Waals surface area contributed by atoms with E-state index in [1.54, 1.807) is 6.33 Å². The zero-order chi connectivity index (χ0) is 15.1. The van der Waals surface area contributed by atoms with Crippen molar-refractivity contribution in [2.24, 2.45) is 7.05 Å². The SMILES string of the molecule is Cc1ccc2nc(C(C)Cl)n(C(C)c3nncn3C)c2c1. The molecule has 1 aromatic carbocycles. The molecule has 0 spiro atoms. The molecule has 2 unspecified atom stereocenters. The van der Waals surface area contributed by atoms with Gasteiger partial charge in [0.25, 0.3) is 0 Å². The highest BCUT2D eigenvalue weighted by atomic mass is 35.5. The summed E-state index contributed by atoms with van der Waals surface area (Å²) in [5, 5.41) is 8.02. The zero-order valence-corrected chi connectivity index (χ0v) is 13.3. The van der Waals surface area contributed by atoms with E-state index in [4.69, 9.17) is 11.6 Å². The van der Waals surface area contributed by atoms with E-state index in [-0.39, 0.29) is 11.4 Å². The van der Waals surface area contributed by atoms with E-state index in [0.717, 1.165) is 22.7 Å². The molecule has 6 heteroatoms. The highest BCUT2D eigenvalue weighted by Crippen LogP contribution is 2.30. The molecule has 3 aromatic rings. The van der Waals surface area contributed by atoms with Gasteiger partial charge in [-0.2, -0.15) is 0 Å². The van der Waals surface area contributed by atoms with Crippen LogP contribution in [0.5, 0.6) is 0 Å². The van der Waals surface area contributed by atoms with E-state index in [1.165, 1.54) is 5.56 Å². The summed E-state index contributed by atoms with van der Waals surface area (Å²) < 4.78 is 4.08. The van der Waals surface area contributed by atoms with Gasteiger partial charge in [0.2, 0.25) is 0 Å². The molecule has 0 amide bonds. The Morgan fingerprint density at radius 2 is 1.95 bits per heavy atom. The fraction of sp³-hybridized carbons (Fsp3) is 0.400. The van der Waals surface area contributed by atoms with Crippen LogP contribution in [0.4, 0.5) is 0 Å². The molecule has 0 saturated carbocycles. The predicted octanol–water partition coefficient (Wildman–Crippen LogP) is 3.38. The van der Waals surface area contributed by atoms with Gasteiger partial charge in [-0.1, -0.05) is 6.07 Å². The van der Waals surface area contributed by atoms with Gasteiger partial charge in [0.05, 0.1) is 22.5 Å². The average Bonchev–Trinajstić information content (AvgIpc) is 3.01. The van der Waals surface area contributed by atoms with Crippen LogP contribution >= 0.6 is 11.6 Å². The molecule has 0 aliphatic rings. The Balaban J connectivity index is 2.26. The number of rotatable bonds is 3. The number of aromatic nitrogens is 5. The molecule has 110 valence electrons. The molecule has 5 nitrogen and oxygen atoms in total. The van der Waals surface area contributed by atoms with Gasteiger partial charge in [-0.3, -0.25) is 0 Å². The Kier molecular flexibility index (Phi) is 3.45. The minimum absolute atomic E-state index is 0.0144. The lowest BCUT2D eigenvalue weighted by molar-refractivity contribution is 0.563. The number of nitrogens with zero attached hydrogens (tertiary/aromatic N) is 5. The minimum atomic E-state index is -0.173. The van der Waals surface area contributed by atoms with Gasteiger partial charge in [0, 0.05) is 7.05 Å². The minimum Gasteiger partial charge on any atom is -0.319 e. The molecule has 0 saturated heterocycles. The summed E-state index contributed by atoms with van der Waals surface area (Å²) in [6.07, 6.45) is 1.71. The quantitative estimate of drug-likeness (QED) is 0.697. The van der Waals surface area contributed by atoms with Crippen LogP contribution in [0.15, 0.2) is 24.5 Å². The summed E-state index contributed by atoms with van der Waals surface area (Å²) in [4.78, 5) is 4.69. The second kappa shape index (κ2) is 5.15. The third-order valence-electron chi connectivity index (χ3n) is 3.74. The molecule has 0 radical (unpaired) electrons. The van der Waals surface area contributed by atoms with E-state index in [0.29, 0.717) is 0 Å². The number of hydrogen-bond acceptors (Lipinski definition) is 3. The Bertz CT molecular complexity index is 787. The molecule has 0 aliphatic carbocycles. The first-order valence-corrected chi connectivity index (χ1v) is 7.39. The Labute approximate surface area is 128 Å². The fourth-order valence-corrected chi connectivity index (χ4v) is 2.85. The van der Waals surface area contributed by atoms with Crippen LogP contribution in [0.25, 0.3) is 11.0 Å². The summed E-state index contributed by atoms with van der Waals surface area (Å²) in [7, 11) is 1.94. The third-order valence-corrected chi connectivity index (χ3v) is 3.93. The summed E-state index contributed by atoms with van der Waals surface area (Å²) in [6.45, 7) is 6.11. The Morgan fingerprint density at radius 1 is 1.19 bits per heavy atom. The number of alkyl halides is 1. The van der Waals surface area contributed by atoms with Crippen molar-refractivity contribution in [2.75, 3.05) is 0 Å². The van der Waals surface area contributed by atoms with Crippen molar-refractivity contribution >= 4 is 22.6 Å². The molecule has 3 rings (SSSR count). The highest BCUT2D eigenvalue weighted by molar-refractivity contribution is 6.20. The maximum Gasteiger partial charge on any atom is 0.155 e.